The number of rotatable bonds is 4. The number of anilines is 1. The molecule has 0 saturated heterocycles. The Morgan fingerprint density at radius 1 is 1.21 bits per heavy atom. The van der Waals surface area contributed by atoms with E-state index in [9.17, 15) is 14.0 Å². The third-order valence-corrected chi connectivity index (χ3v) is 4.52. The largest absolute Gasteiger partial charge is 0.326 e. The quantitative estimate of drug-likeness (QED) is 0.553. The molecular weight excluding hydrogens is 385 g/mol. The van der Waals surface area contributed by atoms with Crippen molar-refractivity contribution in [1.82, 2.24) is 19.7 Å². The van der Waals surface area contributed by atoms with Crippen LogP contribution in [0.2, 0.25) is 5.02 Å². The van der Waals surface area contributed by atoms with E-state index >= 15 is 0 Å². The van der Waals surface area contributed by atoms with Gasteiger partial charge in [-0.05, 0) is 36.4 Å². The predicted molar refractivity (Wildman–Crippen MR) is 103 cm³/mol. The summed E-state index contributed by atoms with van der Waals surface area (Å²) in [5.74, 6) is -0.913. The number of halogens is 2. The van der Waals surface area contributed by atoms with Gasteiger partial charge in [0, 0.05) is 16.3 Å². The van der Waals surface area contributed by atoms with Crippen LogP contribution < -0.4 is 10.9 Å². The molecule has 1 amide bonds. The average Bonchev–Trinajstić information content (AvgIpc) is 3.11. The highest BCUT2D eigenvalue weighted by atomic mass is 35.5. The first kappa shape index (κ1) is 17.9. The molecule has 0 unspecified atom stereocenters. The van der Waals surface area contributed by atoms with Crippen molar-refractivity contribution in [3.8, 4) is 5.69 Å². The molecule has 0 saturated carbocycles. The summed E-state index contributed by atoms with van der Waals surface area (Å²) in [5, 5.41) is 7.47. The maximum Gasteiger partial charge on any atom is 0.261 e. The Morgan fingerprint density at radius 2 is 2.00 bits per heavy atom. The van der Waals surface area contributed by atoms with E-state index in [1.807, 2.05) is 0 Å². The lowest BCUT2D eigenvalue weighted by molar-refractivity contribution is -0.115. The first-order valence-corrected chi connectivity index (χ1v) is 8.65. The lowest BCUT2D eigenvalue weighted by atomic mass is 10.1. The van der Waals surface area contributed by atoms with Crippen LogP contribution in [0.15, 0.2) is 59.8 Å². The number of amides is 1. The topological polar surface area (TPSA) is 92.7 Å². The summed E-state index contributed by atoms with van der Waals surface area (Å²) in [6.07, 6.45) is 2.57. The number of H-pyrrole nitrogens is 1. The van der Waals surface area contributed by atoms with Gasteiger partial charge in [0.1, 0.15) is 11.2 Å². The van der Waals surface area contributed by atoms with Crippen LogP contribution in [0.5, 0.6) is 0 Å². The van der Waals surface area contributed by atoms with Crippen LogP contribution in [0.1, 0.15) is 5.56 Å². The van der Waals surface area contributed by atoms with Crippen LogP contribution in [0.4, 0.5) is 10.1 Å². The first-order chi connectivity index (χ1) is 13.5. The Hall–Kier alpha value is -3.52. The van der Waals surface area contributed by atoms with Gasteiger partial charge >= 0.3 is 0 Å². The molecule has 0 atom stereocenters. The van der Waals surface area contributed by atoms with Crippen molar-refractivity contribution in [2.45, 2.75) is 6.42 Å². The van der Waals surface area contributed by atoms with E-state index in [0.717, 1.165) is 0 Å². The molecule has 140 valence electrons. The number of hydrogen-bond donors (Lipinski definition) is 2. The van der Waals surface area contributed by atoms with Crippen LogP contribution in [-0.2, 0) is 11.2 Å². The minimum atomic E-state index is -0.522. The molecule has 0 aliphatic rings. The number of benzene rings is 2. The summed E-state index contributed by atoms with van der Waals surface area (Å²) in [6.45, 7) is 0. The Bertz CT molecular complexity index is 1210. The van der Waals surface area contributed by atoms with E-state index < -0.39 is 11.7 Å². The smallest absolute Gasteiger partial charge is 0.261 e. The number of aromatic nitrogens is 4. The van der Waals surface area contributed by atoms with Gasteiger partial charge in [0.25, 0.3) is 5.56 Å². The second kappa shape index (κ2) is 7.24. The number of fused-ring (bicyclic) bond motifs is 1. The van der Waals surface area contributed by atoms with Crippen molar-refractivity contribution in [1.29, 1.82) is 0 Å². The molecule has 4 rings (SSSR count). The summed E-state index contributed by atoms with van der Waals surface area (Å²) >= 11 is 5.95. The highest BCUT2D eigenvalue weighted by molar-refractivity contribution is 6.31. The number of aromatic amines is 1. The van der Waals surface area contributed by atoms with E-state index in [-0.39, 0.29) is 22.6 Å². The van der Waals surface area contributed by atoms with Crippen molar-refractivity contribution in [3.05, 3.63) is 81.7 Å². The molecule has 0 radical (unpaired) electrons. The minimum absolute atomic E-state index is 0.151. The predicted octanol–water partition coefficient (Wildman–Crippen LogP) is 3.08. The fourth-order valence-electron chi connectivity index (χ4n) is 2.80. The van der Waals surface area contributed by atoms with Crippen LogP contribution in [-0.4, -0.2) is 25.7 Å². The summed E-state index contributed by atoms with van der Waals surface area (Å²) in [5.41, 5.74) is 1.51. The molecule has 2 aromatic heterocycles. The summed E-state index contributed by atoms with van der Waals surface area (Å²) in [4.78, 5) is 30.6. The summed E-state index contributed by atoms with van der Waals surface area (Å²) in [6, 6.07) is 11.1. The SMILES string of the molecule is O=C(Cc1c(F)cccc1Cl)Nc1ccc(-n2ncc3c(=O)[nH]cnc32)cc1. The fourth-order valence-corrected chi connectivity index (χ4v) is 3.03. The van der Waals surface area contributed by atoms with Gasteiger partial charge < -0.3 is 10.3 Å². The Balaban J connectivity index is 1.52. The summed E-state index contributed by atoms with van der Waals surface area (Å²) < 4.78 is 15.3. The third kappa shape index (κ3) is 3.37. The van der Waals surface area contributed by atoms with Gasteiger partial charge in [0.2, 0.25) is 5.91 Å². The highest BCUT2D eigenvalue weighted by Crippen LogP contribution is 2.21. The molecule has 0 aliphatic carbocycles. The normalized spacial score (nSPS) is 10.9. The molecule has 2 heterocycles. The molecule has 0 aliphatic heterocycles. The minimum Gasteiger partial charge on any atom is -0.326 e. The zero-order chi connectivity index (χ0) is 19.7. The maximum atomic E-state index is 13.8. The number of hydrogen-bond acceptors (Lipinski definition) is 4. The molecule has 9 heteroatoms. The van der Waals surface area contributed by atoms with Crippen LogP contribution in [0, 0.1) is 5.82 Å². The zero-order valence-corrected chi connectivity index (χ0v) is 15.1. The van der Waals surface area contributed by atoms with E-state index in [1.165, 1.54) is 35.4 Å². The lowest BCUT2D eigenvalue weighted by Gasteiger charge is -2.09. The Labute approximate surface area is 162 Å². The second-order valence-electron chi connectivity index (χ2n) is 6.00. The molecule has 7 nitrogen and oxygen atoms in total. The standard InChI is InChI=1S/C19H13ClFN5O2/c20-15-2-1-3-16(21)13(15)8-17(27)25-11-4-6-12(7-5-11)26-18-14(9-24-26)19(28)23-10-22-18/h1-7,9-10H,8H2,(H,25,27)(H,22,23,28). The van der Waals surface area contributed by atoms with Gasteiger partial charge in [-0.3, -0.25) is 9.59 Å². The average molecular weight is 398 g/mol. The molecule has 2 N–H and O–H groups in total. The first-order valence-electron chi connectivity index (χ1n) is 8.27. The van der Waals surface area contributed by atoms with Crippen LogP contribution in [0.3, 0.4) is 0 Å². The van der Waals surface area contributed by atoms with Gasteiger partial charge in [-0.15, -0.1) is 0 Å². The van der Waals surface area contributed by atoms with Crippen LogP contribution >= 0.6 is 11.6 Å². The van der Waals surface area contributed by atoms with Crippen molar-refractivity contribution in [2.75, 3.05) is 5.32 Å². The monoisotopic (exact) mass is 397 g/mol. The van der Waals surface area contributed by atoms with Crippen molar-refractivity contribution < 1.29 is 9.18 Å². The van der Waals surface area contributed by atoms with Crippen molar-refractivity contribution in [3.63, 3.8) is 0 Å². The number of carbonyl (C=O) groups excluding carboxylic acids is 1. The zero-order valence-electron chi connectivity index (χ0n) is 14.3. The van der Waals surface area contributed by atoms with Gasteiger partial charge in [-0.2, -0.15) is 5.10 Å². The fraction of sp³-hybridized carbons (Fsp3) is 0.0526. The van der Waals surface area contributed by atoms with E-state index in [4.69, 9.17) is 11.6 Å². The lowest BCUT2D eigenvalue weighted by Crippen LogP contribution is -2.15. The van der Waals surface area contributed by atoms with E-state index in [1.54, 1.807) is 24.3 Å². The van der Waals surface area contributed by atoms with Gasteiger partial charge in [-0.1, -0.05) is 17.7 Å². The van der Waals surface area contributed by atoms with E-state index in [2.05, 4.69) is 20.4 Å². The number of nitrogens with one attached hydrogen (secondary N) is 2. The Kier molecular flexibility index (Phi) is 4.62. The molecule has 2 aromatic carbocycles. The van der Waals surface area contributed by atoms with E-state index in [0.29, 0.717) is 22.4 Å². The third-order valence-electron chi connectivity index (χ3n) is 4.17. The molecule has 0 spiro atoms. The molecule has 0 fully saturated rings. The van der Waals surface area contributed by atoms with Crippen molar-refractivity contribution in [2.24, 2.45) is 0 Å². The van der Waals surface area contributed by atoms with Crippen LogP contribution in [0.25, 0.3) is 16.7 Å². The Morgan fingerprint density at radius 3 is 2.75 bits per heavy atom. The highest BCUT2D eigenvalue weighted by Gasteiger charge is 2.13. The number of nitrogens with zero attached hydrogens (tertiary/aromatic N) is 3. The van der Waals surface area contributed by atoms with Gasteiger partial charge in [0.05, 0.1) is 24.6 Å². The number of carbonyl (C=O) groups is 1. The maximum absolute atomic E-state index is 13.8. The van der Waals surface area contributed by atoms with Gasteiger partial charge in [-0.25, -0.2) is 14.1 Å². The van der Waals surface area contributed by atoms with Gasteiger partial charge in [0.15, 0.2) is 5.65 Å². The van der Waals surface area contributed by atoms with Crippen molar-refractivity contribution >= 4 is 34.2 Å². The molecular formula is C19H13ClFN5O2. The summed E-state index contributed by atoms with van der Waals surface area (Å²) in [7, 11) is 0. The molecule has 28 heavy (non-hydrogen) atoms. The second-order valence-corrected chi connectivity index (χ2v) is 6.40. The molecule has 0 bridgehead atoms. The molecule has 4 aromatic rings.